The third-order valence-electron chi connectivity index (χ3n) is 5.56. The van der Waals surface area contributed by atoms with Gasteiger partial charge in [-0.3, -0.25) is 15.2 Å². The molecule has 1 atom stereocenters. The lowest BCUT2D eigenvalue weighted by Crippen LogP contribution is -2.18. The largest absolute Gasteiger partial charge is 0.491 e. The summed E-state index contributed by atoms with van der Waals surface area (Å²) in [5.74, 6) is -0.747. The van der Waals surface area contributed by atoms with Crippen LogP contribution in [-0.4, -0.2) is 54.9 Å². The highest BCUT2D eigenvalue weighted by molar-refractivity contribution is 5.97. The van der Waals surface area contributed by atoms with Crippen LogP contribution in [0.4, 0.5) is 10.1 Å². The van der Waals surface area contributed by atoms with Crippen LogP contribution in [0.2, 0.25) is 0 Å². The van der Waals surface area contributed by atoms with Gasteiger partial charge < -0.3 is 20.9 Å². The summed E-state index contributed by atoms with van der Waals surface area (Å²) in [7, 11) is 0. The zero-order chi connectivity index (χ0) is 27.9. The van der Waals surface area contributed by atoms with Gasteiger partial charge in [0.2, 0.25) is 0 Å². The molecule has 0 saturated heterocycles. The number of nitrogens with two attached hydrogens (primary N) is 1. The molecular weight excluding hydrogens is 507 g/mol. The minimum absolute atomic E-state index is 0.0603. The molecular formula is C26H25FN8O4. The van der Waals surface area contributed by atoms with Crippen molar-refractivity contribution in [3.63, 3.8) is 0 Å². The second kappa shape index (κ2) is 11.8. The smallest absolute Gasteiger partial charge is 0.350 e. The van der Waals surface area contributed by atoms with Gasteiger partial charge in [-0.1, -0.05) is 12.7 Å². The predicted molar refractivity (Wildman–Crippen MR) is 142 cm³/mol. The minimum Gasteiger partial charge on any atom is -0.491 e. The quantitative estimate of drug-likeness (QED) is 0.135. The van der Waals surface area contributed by atoms with Gasteiger partial charge in [0.1, 0.15) is 30.9 Å². The monoisotopic (exact) mass is 532 g/mol. The first-order chi connectivity index (χ1) is 18.8. The Labute approximate surface area is 221 Å². The Morgan fingerprint density at radius 1 is 1.28 bits per heavy atom. The summed E-state index contributed by atoms with van der Waals surface area (Å²) in [6.45, 7) is 2.97. The molecule has 2 aromatic carbocycles. The number of hydrogen-bond donors (Lipinski definition) is 5. The van der Waals surface area contributed by atoms with Gasteiger partial charge in [0.25, 0.3) is 5.95 Å². The molecule has 0 bridgehead atoms. The number of nitrogens with zero attached hydrogens (tertiary/aromatic N) is 4. The summed E-state index contributed by atoms with van der Waals surface area (Å²) in [6.07, 6.45) is 4.18. The summed E-state index contributed by atoms with van der Waals surface area (Å²) in [4.78, 5) is 35.1. The second-order valence-electron chi connectivity index (χ2n) is 8.29. The van der Waals surface area contributed by atoms with Crippen LogP contribution in [0.5, 0.6) is 5.75 Å². The highest BCUT2D eigenvalue weighted by atomic mass is 19.1. The Bertz CT molecular complexity index is 1570. The van der Waals surface area contributed by atoms with Crippen LogP contribution in [-0.2, 0) is 11.2 Å². The van der Waals surface area contributed by atoms with E-state index in [-0.39, 0.29) is 36.2 Å². The molecule has 200 valence electrons. The SMILES string of the molecule is C=Cc1cc(OCCF)cc(C(Nc2ccc(C(=N)N)c(CC(=O)O)c2)c2nn(-c3ncccn3)c(=O)[nH]2)c1. The van der Waals surface area contributed by atoms with E-state index in [0.29, 0.717) is 28.1 Å². The molecule has 1 unspecified atom stereocenters. The Morgan fingerprint density at radius 3 is 2.72 bits per heavy atom. The summed E-state index contributed by atoms with van der Waals surface area (Å²) in [5, 5.41) is 24.8. The predicted octanol–water partition coefficient (Wildman–Crippen LogP) is 2.45. The average Bonchev–Trinajstić information content (AvgIpc) is 3.31. The van der Waals surface area contributed by atoms with Crippen molar-refractivity contribution in [3.05, 3.63) is 100.0 Å². The fraction of sp³-hybridized carbons (Fsp3) is 0.154. The molecule has 39 heavy (non-hydrogen) atoms. The summed E-state index contributed by atoms with van der Waals surface area (Å²) in [5.41, 5.74) is 7.37. The van der Waals surface area contributed by atoms with E-state index < -0.39 is 24.4 Å². The number of carbonyl (C=O) groups is 1. The number of anilines is 1. The number of carboxylic acids is 1. The lowest BCUT2D eigenvalue weighted by Gasteiger charge is -2.21. The van der Waals surface area contributed by atoms with Crippen LogP contribution in [0.3, 0.4) is 0 Å². The molecule has 6 N–H and O–H groups in total. The number of carboxylic acid groups (broad SMARTS) is 1. The Balaban J connectivity index is 1.84. The number of nitrogen functional groups attached to an aromatic ring is 1. The summed E-state index contributed by atoms with van der Waals surface area (Å²) < 4.78 is 19.3. The van der Waals surface area contributed by atoms with Crippen LogP contribution >= 0.6 is 0 Å². The van der Waals surface area contributed by atoms with E-state index in [2.05, 4.69) is 31.9 Å². The third kappa shape index (κ3) is 6.33. The van der Waals surface area contributed by atoms with E-state index in [4.69, 9.17) is 15.9 Å². The van der Waals surface area contributed by atoms with Gasteiger partial charge in [0.05, 0.1) is 6.42 Å². The number of ether oxygens (including phenoxy) is 1. The number of H-pyrrole nitrogens is 1. The molecule has 12 nitrogen and oxygen atoms in total. The molecule has 2 heterocycles. The van der Waals surface area contributed by atoms with E-state index >= 15 is 0 Å². The zero-order valence-corrected chi connectivity index (χ0v) is 20.6. The first-order valence-electron chi connectivity index (χ1n) is 11.7. The van der Waals surface area contributed by atoms with Gasteiger partial charge in [0, 0.05) is 23.6 Å². The molecule has 0 aliphatic carbocycles. The van der Waals surface area contributed by atoms with Crippen LogP contribution in [0, 0.1) is 5.41 Å². The van der Waals surface area contributed by atoms with Crippen molar-refractivity contribution in [1.82, 2.24) is 24.7 Å². The standard InChI is InChI=1S/C26H25FN8O4/c1-2-15-10-17(13-19(11-15)39-9-6-27)22(24-33-26(38)35(34-24)25-30-7-3-8-31-25)32-18-4-5-20(23(28)29)16(12-18)14-21(36)37/h2-5,7-8,10-13,22,32H,1,6,9,14H2,(H3,28,29)(H,36,37)(H,33,34,38). The number of aliphatic carboxylic acids is 1. The lowest BCUT2D eigenvalue weighted by atomic mass is 10.00. The maximum Gasteiger partial charge on any atom is 0.350 e. The van der Waals surface area contributed by atoms with Crippen molar-refractivity contribution < 1.29 is 19.0 Å². The number of benzene rings is 2. The Kier molecular flexibility index (Phi) is 8.09. The topological polar surface area (TPSA) is 185 Å². The molecule has 2 aromatic heterocycles. The molecule has 0 spiro atoms. The van der Waals surface area contributed by atoms with Crippen LogP contribution in [0.25, 0.3) is 12.0 Å². The first kappa shape index (κ1) is 26.7. The molecule has 0 radical (unpaired) electrons. The number of amidine groups is 1. The maximum absolute atomic E-state index is 12.8. The van der Waals surface area contributed by atoms with Crippen LogP contribution < -0.4 is 21.5 Å². The number of halogens is 1. The Hall–Kier alpha value is -5.33. The highest BCUT2D eigenvalue weighted by Crippen LogP contribution is 2.30. The summed E-state index contributed by atoms with van der Waals surface area (Å²) in [6, 6.07) is 10.7. The van der Waals surface area contributed by atoms with Gasteiger partial charge in [-0.25, -0.2) is 19.2 Å². The number of aromatic nitrogens is 5. The number of rotatable bonds is 12. The van der Waals surface area contributed by atoms with E-state index in [9.17, 15) is 19.1 Å². The fourth-order valence-corrected chi connectivity index (χ4v) is 3.91. The third-order valence-corrected chi connectivity index (χ3v) is 5.56. The second-order valence-corrected chi connectivity index (χ2v) is 8.29. The molecule has 4 rings (SSSR count). The van der Waals surface area contributed by atoms with Gasteiger partial charge in [-0.2, -0.15) is 0 Å². The van der Waals surface area contributed by atoms with Crippen molar-refractivity contribution in [1.29, 1.82) is 5.41 Å². The van der Waals surface area contributed by atoms with Gasteiger partial charge in [-0.05, 0) is 59.2 Å². The summed E-state index contributed by atoms with van der Waals surface area (Å²) >= 11 is 0. The van der Waals surface area contributed by atoms with E-state index in [1.165, 1.54) is 18.5 Å². The van der Waals surface area contributed by atoms with Crippen molar-refractivity contribution in [2.45, 2.75) is 12.5 Å². The molecule has 0 amide bonds. The molecule has 4 aromatic rings. The zero-order valence-electron chi connectivity index (χ0n) is 20.6. The first-order valence-corrected chi connectivity index (χ1v) is 11.7. The molecule has 0 aliphatic heterocycles. The number of aromatic amines is 1. The van der Waals surface area contributed by atoms with Gasteiger partial charge in [0.15, 0.2) is 5.82 Å². The lowest BCUT2D eigenvalue weighted by molar-refractivity contribution is -0.136. The van der Waals surface area contributed by atoms with E-state index in [0.717, 1.165) is 4.68 Å². The maximum atomic E-state index is 12.8. The van der Waals surface area contributed by atoms with Crippen molar-refractivity contribution in [2.75, 3.05) is 18.6 Å². The van der Waals surface area contributed by atoms with Crippen molar-refractivity contribution >= 4 is 23.6 Å². The van der Waals surface area contributed by atoms with Gasteiger partial charge >= 0.3 is 11.7 Å². The minimum atomic E-state index is -1.09. The average molecular weight is 533 g/mol. The van der Waals surface area contributed by atoms with Crippen LogP contribution in [0.1, 0.15) is 34.1 Å². The number of nitrogens with one attached hydrogen (secondary N) is 3. The fourth-order valence-electron chi connectivity index (χ4n) is 3.91. The van der Waals surface area contributed by atoms with E-state index in [1.54, 1.807) is 42.5 Å². The highest BCUT2D eigenvalue weighted by Gasteiger charge is 2.23. The van der Waals surface area contributed by atoms with Crippen molar-refractivity contribution in [3.8, 4) is 11.7 Å². The molecule has 13 heteroatoms. The number of hydrogen-bond acceptors (Lipinski definition) is 8. The molecule has 0 saturated carbocycles. The van der Waals surface area contributed by atoms with Crippen LogP contribution in [0.15, 0.2) is 66.2 Å². The van der Waals surface area contributed by atoms with E-state index in [1.807, 2.05) is 0 Å². The van der Waals surface area contributed by atoms with Crippen molar-refractivity contribution in [2.24, 2.45) is 5.73 Å². The molecule has 0 aliphatic rings. The Morgan fingerprint density at radius 2 is 2.05 bits per heavy atom. The molecule has 0 fully saturated rings. The van der Waals surface area contributed by atoms with Gasteiger partial charge in [-0.15, -0.1) is 9.78 Å². The normalized spacial score (nSPS) is 11.5. The number of alkyl halides is 1.